The molecule has 0 bridgehead atoms. The van der Waals surface area contributed by atoms with Crippen LogP contribution in [0.5, 0.6) is 0 Å². The van der Waals surface area contributed by atoms with Crippen LogP contribution in [-0.2, 0) is 0 Å². The fraction of sp³-hybridized carbons (Fsp3) is 0.714. The van der Waals surface area contributed by atoms with E-state index in [1.807, 2.05) is 13.8 Å². The number of carbonyl (C=O) groups is 1. The van der Waals surface area contributed by atoms with Crippen molar-refractivity contribution in [3.63, 3.8) is 0 Å². The smallest absolute Gasteiger partial charge is 0.188 e. The van der Waals surface area contributed by atoms with Crippen LogP contribution in [0.25, 0.3) is 0 Å². The van der Waals surface area contributed by atoms with E-state index >= 15 is 0 Å². The number of hydrogen-bond donors (Lipinski definition) is 0. The molecule has 0 saturated heterocycles. The van der Waals surface area contributed by atoms with Crippen molar-refractivity contribution in [2.75, 3.05) is 0 Å². The van der Waals surface area contributed by atoms with Crippen molar-refractivity contribution >= 4 is 17.4 Å². The van der Waals surface area contributed by atoms with Gasteiger partial charge in [0, 0.05) is 11.5 Å². The van der Waals surface area contributed by atoms with Crippen LogP contribution in [0, 0.1) is 5.41 Å². The monoisotopic (exact) mass is 268 g/mol. The van der Waals surface area contributed by atoms with Crippen molar-refractivity contribution in [2.45, 2.75) is 58.9 Å². The Morgan fingerprint density at radius 1 is 1.39 bits per heavy atom. The first-order valence-electron chi connectivity index (χ1n) is 6.73. The maximum Gasteiger partial charge on any atom is 0.188 e. The summed E-state index contributed by atoms with van der Waals surface area (Å²) in [5.41, 5.74) is 0.338. The fourth-order valence-electron chi connectivity index (χ4n) is 2.79. The van der Waals surface area contributed by atoms with Crippen LogP contribution in [0.2, 0.25) is 5.02 Å². The Balaban J connectivity index is 2.36. The third-order valence-electron chi connectivity index (χ3n) is 3.96. The zero-order chi connectivity index (χ0) is 13.3. The summed E-state index contributed by atoms with van der Waals surface area (Å²) in [4.78, 5) is 12.8. The Kier molecular flexibility index (Phi) is 3.81. The van der Waals surface area contributed by atoms with Gasteiger partial charge >= 0.3 is 0 Å². The van der Waals surface area contributed by atoms with Crippen LogP contribution in [-0.4, -0.2) is 15.6 Å². The minimum absolute atomic E-state index is 0.156. The molecule has 3 nitrogen and oxygen atoms in total. The van der Waals surface area contributed by atoms with E-state index in [2.05, 4.69) is 12.0 Å². The molecule has 18 heavy (non-hydrogen) atoms. The van der Waals surface area contributed by atoms with Gasteiger partial charge in [-0.3, -0.25) is 9.48 Å². The van der Waals surface area contributed by atoms with Gasteiger partial charge in [0.1, 0.15) is 5.69 Å². The van der Waals surface area contributed by atoms with E-state index in [0.29, 0.717) is 10.7 Å². The molecule has 1 fully saturated rings. The molecule has 1 aromatic heterocycles. The number of aromatic nitrogens is 2. The first-order chi connectivity index (χ1) is 8.46. The Morgan fingerprint density at radius 2 is 2.00 bits per heavy atom. The Bertz CT molecular complexity index is 445. The lowest BCUT2D eigenvalue weighted by molar-refractivity contribution is 0.0735. The maximum atomic E-state index is 12.8. The first kappa shape index (κ1) is 13.6. The van der Waals surface area contributed by atoms with E-state index < -0.39 is 0 Å². The van der Waals surface area contributed by atoms with E-state index in [1.54, 1.807) is 10.9 Å². The molecule has 0 spiro atoms. The number of halogens is 1. The van der Waals surface area contributed by atoms with E-state index in [0.717, 1.165) is 25.7 Å². The molecular formula is C14H21ClN2O. The van der Waals surface area contributed by atoms with Gasteiger partial charge in [0.2, 0.25) is 0 Å². The van der Waals surface area contributed by atoms with Crippen molar-refractivity contribution < 1.29 is 4.79 Å². The van der Waals surface area contributed by atoms with Crippen LogP contribution >= 0.6 is 11.6 Å². The van der Waals surface area contributed by atoms with Crippen LogP contribution in [0.3, 0.4) is 0 Å². The SMILES string of the molecule is CC(C)n1ncc(Cl)c1C(=O)C1(C)CCCCC1. The Hall–Kier alpha value is -0.830. The lowest BCUT2D eigenvalue weighted by atomic mass is 9.72. The highest BCUT2D eigenvalue weighted by Gasteiger charge is 2.38. The molecule has 1 aliphatic rings. The number of carbonyl (C=O) groups excluding carboxylic acids is 1. The molecule has 0 N–H and O–H groups in total. The van der Waals surface area contributed by atoms with Crippen LogP contribution in [0.1, 0.15) is 69.4 Å². The summed E-state index contributed by atoms with van der Waals surface area (Å²) in [6, 6.07) is 0.156. The topological polar surface area (TPSA) is 34.9 Å². The van der Waals surface area contributed by atoms with Crippen LogP contribution < -0.4 is 0 Å². The Morgan fingerprint density at radius 3 is 2.56 bits per heavy atom. The standard InChI is InChI=1S/C14H21ClN2O/c1-10(2)17-12(11(15)9-16-17)13(18)14(3)7-5-4-6-8-14/h9-10H,4-8H2,1-3H3. The highest BCUT2D eigenvalue weighted by molar-refractivity contribution is 6.33. The molecule has 0 radical (unpaired) electrons. The van der Waals surface area contributed by atoms with E-state index in [1.165, 1.54) is 6.42 Å². The van der Waals surface area contributed by atoms with Gasteiger partial charge in [-0.15, -0.1) is 0 Å². The largest absolute Gasteiger partial charge is 0.292 e. The molecule has 0 unspecified atom stereocenters. The second-order valence-corrected chi connectivity index (χ2v) is 6.24. The van der Waals surface area contributed by atoms with Crippen molar-refractivity contribution in [1.29, 1.82) is 0 Å². The molecule has 100 valence electrons. The summed E-state index contributed by atoms with van der Waals surface area (Å²) in [5, 5.41) is 4.71. The minimum atomic E-state index is -0.255. The maximum absolute atomic E-state index is 12.8. The van der Waals surface area contributed by atoms with Gasteiger partial charge in [0.15, 0.2) is 5.78 Å². The summed E-state index contributed by atoms with van der Waals surface area (Å²) < 4.78 is 1.75. The number of ketones is 1. The van der Waals surface area contributed by atoms with Gasteiger partial charge in [0.05, 0.1) is 11.2 Å². The second-order valence-electron chi connectivity index (χ2n) is 5.83. The molecule has 1 aliphatic carbocycles. The Labute approximate surface area is 114 Å². The molecule has 4 heteroatoms. The molecule has 1 heterocycles. The number of hydrogen-bond acceptors (Lipinski definition) is 2. The van der Waals surface area contributed by atoms with Crippen LogP contribution in [0.4, 0.5) is 0 Å². The molecule has 0 amide bonds. The van der Waals surface area contributed by atoms with Crippen molar-refractivity contribution in [2.24, 2.45) is 5.41 Å². The third-order valence-corrected chi connectivity index (χ3v) is 4.24. The van der Waals surface area contributed by atoms with E-state index in [9.17, 15) is 4.79 Å². The predicted molar refractivity (Wildman–Crippen MR) is 73.1 cm³/mol. The van der Waals surface area contributed by atoms with Gasteiger partial charge in [0.25, 0.3) is 0 Å². The predicted octanol–water partition coefficient (Wildman–Crippen LogP) is 4.27. The van der Waals surface area contributed by atoms with Gasteiger partial charge < -0.3 is 0 Å². The molecule has 0 atom stereocenters. The van der Waals surface area contributed by atoms with Gasteiger partial charge in [-0.2, -0.15) is 5.10 Å². The summed E-state index contributed by atoms with van der Waals surface area (Å²) in [6.07, 6.45) is 7.02. The molecule has 0 aliphatic heterocycles. The molecule has 1 aromatic rings. The van der Waals surface area contributed by atoms with Crippen molar-refractivity contribution in [1.82, 2.24) is 9.78 Å². The average Bonchev–Trinajstić information content (AvgIpc) is 2.71. The van der Waals surface area contributed by atoms with Gasteiger partial charge in [-0.05, 0) is 26.7 Å². The number of rotatable bonds is 3. The first-order valence-corrected chi connectivity index (χ1v) is 7.11. The highest BCUT2D eigenvalue weighted by Crippen LogP contribution is 2.40. The molecule has 2 rings (SSSR count). The number of nitrogens with zero attached hydrogens (tertiary/aromatic N) is 2. The average molecular weight is 269 g/mol. The molecular weight excluding hydrogens is 248 g/mol. The zero-order valence-electron chi connectivity index (χ0n) is 11.4. The summed E-state index contributed by atoms with van der Waals surface area (Å²) in [7, 11) is 0. The summed E-state index contributed by atoms with van der Waals surface area (Å²) >= 11 is 6.16. The minimum Gasteiger partial charge on any atom is -0.292 e. The summed E-state index contributed by atoms with van der Waals surface area (Å²) in [5.74, 6) is 0.165. The van der Waals surface area contributed by atoms with Gasteiger partial charge in [-0.1, -0.05) is 37.8 Å². The number of Topliss-reactive ketones (excluding diaryl/α,β-unsaturated/α-hetero) is 1. The zero-order valence-corrected chi connectivity index (χ0v) is 12.1. The lowest BCUT2D eigenvalue weighted by Gasteiger charge is -2.32. The van der Waals surface area contributed by atoms with Gasteiger partial charge in [-0.25, -0.2) is 0 Å². The van der Waals surface area contributed by atoms with Crippen molar-refractivity contribution in [3.05, 3.63) is 16.9 Å². The summed E-state index contributed by atoms with van der Waals surface area (Å²) in [6.45, 7) is 6.11. The van der Waals surface area contributed by atoms with Crippen molar-refractivity contribution in [3.8, 4) is 0 Å². The third kappa shape index (κ3) is 2.33. The highest BCUT2D eigenvalue weighted by atomic mass is 35.5. The van der Waals surface area contributed by atoms with E-state index in [4.69, 9.17) is 11.6 Å². The van der Waals surface area contributed by atoms with E-state index in [-0.39, 0.29) is 17.2 Å². The molecule has 0 aromatic carbocycles. The quantitative estimate of drug-likeness (QED) is 0.768. The van der Waals surface area contributed by atoms with Crippen LogP contribution in [0.15, 0.2) is 6.20 Å². The lowest BCUT2D eigenvalue weighted by Crippen LogP contribution is -2.32. The fourth-order valence-corrected chi connectivity index (χ4v) is 3.01. The molecule has 1 saturated carbocycles. The normalized spacial score (nSPS) is 19.2. The second kappa shape index (κ2) is 5.04.